The van der Waals surface area contributed by atoms with Gasteiger partial charge in [0.05, 0.1) is 19.8 Å². The number of methoxy groups -OCH3 is 1. The van der Waals surface area contributed by atoms with E-state index in [0.717, 1.165) is 11.3 Å². The summed E-state index contributed by atoms with van der Waals surface area (Å²) >= 11 is 0. The second-order valence-electron chi connectivity index (χ2n) is 5.03. The topological polar surface area (TPSA) is 49.7 Å². The van der Waals surface area contributed by atoms with E-state index < -0.39 is 6.10 Å². The second kappa shape index (κ2) is 6.21. The lowest BCUT2D eigenvalue weighted by Crippen LogP contribution is -2.16. The van der Waals surface area contributed by atoms with Crippen LogP contribution in [-0.4, -0.2) is 30.0 Å². The molecule has 3 nitrogen and oxygen atoms in total. The number of rotatable bonds is 5. The lowest BCUT2D eigenvalue weighted by Gasteiger charge is -2.22. The van der Waals surface area contributed by atoms with Crippen molar-refractivity contribution in [1.82, 2.24) is 0 Å². The molecule has 0 aromatic heterocycles. The molecule has 0 saturated carbocycles. The molecule has 3 heteroatoms. The zero-order valence-electron chi connectivity index (χ0n) is 11.9. The highest BCUT2D eigenvalue weighted by Crippen LogP contribution is 2.33. The minimum atomic E-state index is -0.652. The fraction of sp³-hybridized carbons (Fsp3) is 0.600. The van der Waals surface area contributed by atoms with Crippen LogP contribution < -0.4 is 4.74 Å². The molecule has 1 rings (SSSR count). The van der Waals surface area contributed by atoms with E-state index in [1.165, 1.54) is 16.7 Å². The molecule has 0 amide bonds. The molecule has 0 heterocycles. The van der Waals surface area contributed by atoms with Gasteiger partial charge in [-0.3, -0.25) is 0 Å². The summed E-state index contributed by atoms with van der Waals surface area (Å²) < 4.78 is 5.35. The first-order valence-electron chi connectivity index (χ1n) is 6.35. The Labute approximate surface area is 109 Å². The highest BCUT2D eigenvalue weighted by atomic mass is 16.5. The molecule has 0 fully saturated rings. The van der Waals surface area contributed by atoms with Crippen molar-refractivity contribution in [3.8, 4) is 5.75 Å². The Balaban J connectivity index is 3.13. The van der Waals surface area contributed by atoms with Crippen LogP contribution in [0.15, 0.2) is 6.07 Å². The third-order valence-corrected chi connectivity index (χ3v) is 3.66. The summed E-state index contributed by atoms with van der Waals surface area (Å²) in [5, 5.41) is 18.5. The van der Waals surface area contributed by atoms with Gasteiger partial charge in [-0.25, -0.2) is 0 Å². The normalized spacial score (nSPS) is 14.4. The van der Waals surface area contributed by atoms with Crippen LogP contribution in [0.1, 0.15) is 41.5 Å². The zero-order valence-corrected chi connectivity index (χ0v) is 11.9. The average molecular weight is 252 g/mol. The lowest BCUT2D eigenvalue weighted by atomic mass is 9.86. The smallest absolute Gasteiger partial charge is 0.122 e. The molecule has 102 valence electrons. The maximum atomic E-state index is 9.57. The second-order valence-corrected chi connectivity index (χ2v) is 5.03. The van der Waals surface area contributed by atoms with E-state index in [2.05, 4.69) is 20.8 Å². The Morgan fingerprint density at radius 3 is 2.33 bits per heavy atom. The van der Waals surface area contributed by atoms with Crippen LogP contribution in [0.25, 0.3) is 0 Å². The van der Waals surface area contributed by atoms with E-state index in [1.807, 2.05) is 13.0 Å². The summed E-state index contributed by atoms with van der Waals surface area (Å²) in [6, 6.07) is 2.04. The summed E-state index contributed by atoms with van der Waals surface area (Å²) in [5.74, 6) is 1.13. The van der Waals surface area contributed by atoms with Gasteiger partial charge < -0.3 is 14.9 Å². The highest BCUT2D eigenvalue weighted by Gasteiger charge is 2.18. The maximum absolute atomic E-state index is 9.57. The van der Waals surface area contributed by atoms with Crippen molar-refractivity contribution in [2.75, 3.05) is 13.7 Å². The number of aryl methyl sites for hydroxylation is 1. The van der Waals surface area contributed by atoms with Gasteiger partial charge in [-0.2, -0.15) is 0 Å². The number of hydrogen-bond acceptors (Lipinski definition) is 3. The summed E-state index contributed by atoms with van der Waals surface area (Å²) in [4.78, 5) is 0. The van der Waals surface area contributed by atoms with Crippen molar-refractivity contribution in [1.29, 1.82) is 0 Å². The number of hydrogen-bond donors (Lipinski definition) is 2. The first-order valence-corrected chi connectivity index (χ1v) is 6.35. The molecule has 0 spiro atoms. The van der Waals surface area contributed by atoms with E-state index >= 15 is 0 Å². The van der Waals surface area contributed by atoms with E-state index in [-0.39, 0.29) is 12.5 Å². The van der Waals surface area contributed by atoms with E-state index in [9.17, 15) is 5.11 Å². The van der Waals surface area contributed by atoms with Gasteiger partial charge >= 0.3 is 0 Å². The number of aliphatic hydroxyl groups is 2. The Morgan fingerprint density at radius 2 is 1.83 bits per heavy atom. The molecule has 2 N–H and O–H groups in total. The predicted octanol–water partition coefficient (Wildman–Crippen LogP) is 2.47. The Hall–Kier alpha value is -1.06. The summed E-state index contributed by atoms with van der Waals surface area (Å²) in [6.45, 7) is 8.10. The van der Waals surface area contributed by atoms with Crippen LogP contribution >= 0.6 is 0 Å². The van der Waals surface area contributed by atoms with Crippen LogP contribution in [0, 0.1) is 20.8 Å². The molecule has 2 unspecified atom stereocenters. The van der Waals surface area contributed by atoms with Crippen molar-refractivity contribution >= 4 is 0 Å². The molecule has 0 bridgehead atoms. The van der Waals surface area contributed by atoms with Crippen molar-refractivity contribution in [2.24, 2.45) is 0 Å². The van der Waals surface area contributed by atoms with E-state index in [0.29, 0.717) is 6.42 Å². The predicted molar refractivity (Wildman–Crippen MR) is 73.3 cm³/mol. The van der Waals surface area contributed by atoms with E-state index in [1.54, 1.807) is 7.11 Å². The number of aliphatic hydroxyl groups excluding tert-OH is 2. The quantitative estimate of drug-likeness (QED) is 0.846. The standard InChI is InChI=1S/C15H24O3/c1-9(6-13(17)8-16)15-10(2)7-14(18-5)11(3)12(15)4/h7,9,13,16-17H,6,8H2,1-5H3. The summed E-state index contributed by atoms with van der Waals surface area (Å²) in [6.07, 6.45) is -0.0783. The van der Waals surface area contributed by atoms with Crippen molar-refractivity contribution in [2.45, 2.75) is 46.1 Å². The molecule has 0 aliphatic heterocycles. The lowest BCUT2D eigenvalue weighted by molar-refractivity contribution is 0.0834. The summed E-state index contributed by atoms with van der Waals surface area (Å²) in [5.41, 5.74) is 4.78. The van der Waals surface area contributed by atoms with Gasteiger partial charge in [0.2, 0.25) is 0 Å². The van der Waals surface area contributed by atoms with Crippen molar-refractivity contribution < 1.29 is 14.9 Å². The fourth-order valence-corrected chi connectivity index (χ4v) is 2.64. The van der Waals surface area contributed by atoms with Gasteiger partial charge in [-0.05, 0) is 61.4 Å². The van der Waals surface area contributed by atoms with Gasteiger partial charge in [0.1, 0.15) is 5.75 Å². The molecule has 18 heavy (non-hydrogen) atoms. The highest BCUT2D eigenvalue weighted by molar-refractivity contribution is 5.49. The number of benzene rings is 1. The van der Waals surface area contributed by atoms with Gasteiger partial charge in [0.25, 0.3) is 0 Å². The zero-order chi connectivity index (χ0) is 13.9. The third-order valence-electron chi connectivity index (χ3n) is 3.66. The monoisotopic (exact) mass is 252 g/mol. The molecule has 0 radical (unpaired) electrons. The fourth-order valence-electron chi connectivity index (χ4n) is 2.64. The van der Waals surface area contributed by atoms with Crippen molar-refractivity contribution in [3.05, 3.63) is 28.3 Å². The third kappa shape index (κ3) is 3.03. The molecular weight excluding hydrogens is 228 g/mol. The number of ether oxygens (including phenoxy) is 1. The molecule has 1 aromatic carbocycles. The van der Waals surface area contributed by atoms with Crippen LogP contribution in [0.3, 0.4) is 0 Å². The first-order chi connectivity index (χ1) is 8.42. The van der Waals surface area contributed by atoms with Crippen molar-refractivity contribution in [3.63, 3.8) is 0 Å². The molecule has 1 aromatic rings. The van der Waals surface area contributed by atoms with Gasteiger partial charge in [-0.1, -0.05) is 6.92 Å². The van der Waals surface area contributed by atoms with Crippen LogP contribution in [0.4, 0.5) is 0 Å². The molecule has 2 atom stereocenters. The van der Waals surface area contributed by atoms with Crippen LogP contribution in [-0.2, 0) is 0 Å². The molecule has 0 aliphatic rings. The van der Waals surface area contributed by atoms with Gasteiger partial charge in [-0.15, -0.1) is 0 Å². The minimum Gasteiger partial charge on any atom is -0.496 e. The minimum absolute atomic E-state index is 0.183. The Bertz CT molecular complexity index is 413. The maximum Gasteiger partial charge on any atom is 0.122 e. The molecule has 0 saturated heterocycles. The largest absolute Gasteiger partial charge is 0.496 e. The van der Waals surface area contributed by atoms with Crippen LogP contribution in [0.5, 0.6) is 5.75 Å². The summed E-state index contributed by atoms with van der Waals surface area (Å²) in [7, 11) is 1.68. The van der Waals surface area contributed by atoms with E-state index in [4.69, 9.17) is 9.84 Å². The molecular formula is C15H24O3. The Morgan fingerprint density at radius 1 is 1.22 bits per heavy atom. The van der Waals surface area contributed by atoms with Gasteiger partial charge in [0.15, 0.2) is 0 Å². The molecule has 0 aliphatic carbocycles. The van der Waals surface area contributed by atoms with Crippen LogP contribution in [0.2, 0.25) is 0 Å². The first kappa shape index (κ1) is 15.0. The Kier molecular flexibility index (Phi) is 5.17. The SMILES string of the molecule is COc1cc(C)c(C(C)CC(O)CO)c(C)c1C. The average Bonchev–Trinajstić information content (AvgIpc) is 2.33. The van der Waals surface area contributed by atoms with Gasteiger partial charge in [0, 0.05) is 0 Å².